The van der Waals surface area contributed by atoms with E-state index in [1.54, 1.807) is 0 Å². The fourth-order valence-corrected chi connectivity index (χ4v) is 3.05. The van der Waals surface area contributed by atoms with Gasteiger partial charge in [0, 0.05) is 11.7 Å². The molecule has 1 atom stereocenters. The molecule has 0 saturated heterocycles. The van der Waals surface area contributed by atoms with Gasteiger partial charge in [0.05, 0.1) is 6.54 Å². The first kappa shape index (κ1) is 17.2. The van der Waals surface area contributed by atoms with Gasteiger partial charge in [-0.2, -0.15) is 0 Å². The second-order valence-corrected chi connectivity index (χ2v) is 6.54. The van der Waals surface area contributed by atoms with Gasteiger partial charge in [-0.15, -0.1) is 0 Å². The Balaban J connectivity index is 1.66. The molecule has 128 valence electrons. The first-order valence-corrected chi connectivity index (χ1v) is 8.63. The third kappa shape index (κ3) is 4.06. The average Bonchev–Trinajstić information content (AvgIpc) is 2.62. The number of aryl methyl sites for hydroxylation is 2. The third-order valence-electron chi connectivity index (χ3n) is 4.53. The maximum atomic E-state index is 12.3. The molecular formula is C22H24N2O. The van der Waals surface area contributed by atoms with Crippen LogP contribution in [-0.4, -0.2) is 12.5 Å². The van der Waals surface area contributed by atoms with Gasteiger partial charge in [0.1, 0.15) is 0 Å². The van der Waals surface area contributed by atoms with E-state index < -0.39 is 0 Å². The van der Waals surface area contributed by atoms with Crippen LogP contribution < -0.4 is 10.6 Å². The molecule has 0 bridgehead atoms. The summed E-state index contributed by atoms with van der Waals surface area (Å²) in [5.41, 5.74) is 4.29. The second kappa shape index (κ2) is 7.49. The van der Waals surface area contributed by atoms with Gasteiger partial charge in [-0.3, -0.25) is 4.79 Å². The fraction of sp³-hybridized carbons (Fsp3) is 0.227. The van der Waals surface area contributed by atoms with Crippen molar-refractivity contribution < 1.29 is 4.79 Å². The average molecular weight is 332 g/mol. The van der Waals surface area contributed by atoms with E-state index >= 15 is 0 Å². The van der Waals surface area contributed by atoms with E-state index in [9.17, 15) is 4.79 Å². The highest BCUT2D eigenvalue weighted by Gasteiger charge is 2.11. The highest BCUT2D eigenvalue weighted by Crippen LogP contribution is 2.24. The third-order valence-corrected chi connectivity index (χ3v) is 4.53. The number of anilines is 1. The van der Waals surface area contributed by atoms with Gasteiger partial charge < -0.3 is 10.6 Å². The zero-order valence-electron chi connectivity index (χ0n) is 15.0. The van der Waals surface area contributed by atoms with E-state index in [1.165, 1.54) is 16.3 Å². The van der Waals surface area contributed by atoms with Crippen molar-refractivity contribution in [2.75, 3.05) is 11.9 Å². The van der Waals surface area contributed by atoms with Crippen LogP contribution >= 0.6 is 0 Å². The molecule has 3 heteroatoms. The Morgan fingerprint density at radius 2 is 1.76 bits per heavy atom. The van der Waals surface area contributed by atoms with Gasteiger partial charge in [-0.05, 0) is 54.3 Å². The minimum Gasteiger partial charge on any atom is -0.325 e. The Labute approximate surface area is 149 Å². The van der Waals surface area contributed by atoms with Gasteiger partial charge in [0.2, 0.25) is 5.91 Å². The van der Waals surface area contributed by atoms with Gasteiger partial charge in [0.15, 0.2) is 0 Å². The van der Waals surface area contributed by atoms with Crippen molar-refractivity contribution in [1.82, 2.24) is 5.32 Å². The van der Waals surface area contributed by atoms with Crippen LogP contribution in [0.5, 0.6) is 0 Å². The van der Waals surface area contributed by atoms with Gasteiger partial charge in [-0.25, -0.2) is 0 Å². The fourth-order valence-electron chi connectivity index (χ4n) is 3.05. The van der Waals surface area contributed by atoms with E-state index in [4.69, 9.17) is 0 Å². The molecule has 0 aliphatic rings. The van der Waals surface area contributed by atoms with E-state index in [0.717, 1.165) is 16.8 Å². The molecule has 0 heterocycles. The molecule has 25 heavy (non-hydrogen) atoms. The predicted molar refractivity (Wildman–Crippen MR) is 105 cm³/mol. The largest absolute Gasteiger partial charge is 0.325 e. The van der Waals surface area contributed by atoms with E-state index in [-0.39, 0.29) is 18.5 Å². The first-order valence-electron chi connectivity index (χ1n) is 8.63. The maximum absolute atomic E-state index is 12.3. The predicted octanol–water partition coefficient (Wildman–Crippen LogP) is 4.75. The molecule has 3 nitrogen and oxygen atoms in total. The quantitative estimate of drug-likeness (QED) is 0.708. The van der Waals surface area contributed by atoms with Crippen LogP contribution in [0.3, 0.4) is 0 Å². The normalized spacial score (nSPS) is 12.1. The van der Waals surface area contributed by atoms with Crippen molar-refractivity contribution in [3.8, 4) is 0 Å². The zero-order chi connectivity index (χ0) is 17.8. The number of hydrogen-bond acceptors (Lipinski definition) is 2. The monoisotopic (exact) mass is 332 g/mol. The smallest absolute Gasteiger partial charge is 0.238 e. The van der Waals surface area contributed by atoms with Crippen LogP contribution in [0.25, 0.3) is 10.8 Å². The number of rotatable bonds is 5. The molecule has 0 aliphatic heterocycles. The van der Waals surface area contributed by atoms with Crippen molar-refractivity contribution in [2.24, 2.45) is 0 Å². The first-order chi connectivity index (χ1) is 12.0. The van der Waals surface area contributed by atoms with Crippen LogP contribution in [0.1, 0.15) is 29.7 Å². The van der Waals surface area contributed by atoms with Gasteiger partial charge in [0.25, 0.3) is 0 Å². The van der Waals surface area contributed by atoms with Crippen LogP contribution in [0.4, 0.5) is 5.69 Å². The molecule has 0 spiro atoms. The summed E-state index contributed by atoms with van der Waals surface area (Å²) >= 11 is 0. The number of nitrogens with one attached hydrogen (secondary N) is 2. The summed E-state index contributed by atoms with van der Waals surface area (Å²) in [4.78, 5) is 12.3. The molecule has 0 aromatic heterocycles. The molecule has 0 aliphatic carbocycles. The zero-order valence-corrected chi connectivity index (χ0v) is 15.0. The molecular weight excluding hydrogens is 308 g/mol. The van der Waals surface area contributed by atoms with Crippen molar-refractivity contribution in [3.63, 3.8) is 0 Å². The van der Waals surface area contributed by atoms with Crippen molar-refractivity contribution in [3.05, 3.63) is 77.4 Å². The van der Waals surface area contributed by atoms with Crippen molar-refractivity contribution >= 4 is 22.4 Å². The van der Waals surface area contributed by atoms with E-state index in [2.05, 4.69) is 47.9 Å². The Kier molecular flexibility index (Phi) is 5.15. The Morgan fingerprint density at radius 3 is 2.60 bits per heavy atom. The van der Waals surface area contributed by atoms with Crippen LogP contribution in [-0.2, 0) is 4.79 Å². The minimum atomic E-state index is -0.0270. The molecule has 2 N–H and O–H groups in total. The number of carbonyl (C=O) groups is 1. The van der Waals surface area contributed by atoms with Gasteiger partial charge in [-0.1, -0.05) is 54.6 Å². The number of benzene rings is 3. The molecule has 0 saturated carbocycles. The molecule has 3 aromatic carbocycles. The highest BCUT2D eigenvalue weighted by molar-refractivity contribution is 5.93. The van der Waals surface area contributed by atoms with Crippen LogP contribution in [0, 0.1) is 13.8 Å². The summed E-state index contributed by atoms with van der Waals surface area (Å²) in [7, 11) is 0. The summed E-state index contributed by atoms with van der Waals surface area (Å²) < 4.78 is 0. The number of carbonyl (C=O) groups excluding carboxylic acids is 1. The van der Waals surface area contributed by atoms with Crippen LogP contribution in [0.2, 0.25) is 0 Å². The Hall–Kier alpha value is -2.65. The van der Waals surface area contributed by atoms with E-state index in [0.29, 0.717) is 0 Å². The van der Waals surface area contributed by atoms with Gasteiger partial charge >= 0.3 is 0 Å². The lowest BCUT2D eigenvalue weighted by atomic mass is 10.00. The lowest BCUT2D eigenvalue weighted by molar-refractivity contribution is -0.115. The lowest BCUT2D eigenvalue weighted by Gasteiger charge is -2.17. The SMILES string of the molecule is Cc1ccc(C)c(NC(=O)CN[C@@H](C)c2cccc3ccccc23)c1. The highest BCUT2D eigenvalue weighted by atomic mass is 16.1. The summed E-state index contributed by atoms with van der Waals surface area (Å²) in [5.74, 6) is -0.0270. The number of fused-ring (bicyclic) bond motifs is 1. The Bertz CT molecular complexity index is 896. The second-order valence-electron chi connectivity index (χ2n) is 6.54. The standard InChI is InChI=1S/C22H24N2O/c1-15-11-12-16(2)21(13-15)24-22(25)14-23-17(3)19-10-6-8-18-7-4-5-9-20(18)19/h4-13,17,23H,14H2,1-3H3,(H,24,25)/t17-/m0/s1. The number of amides is 1. The molecule has 0 unspecified atom stereocenters. The van der Waals surface area contributed by atoms with Crippen LogP contribution in [0.15, 0.2) is 60.7 Å². The minimum absolute atomic E-state index is 0.0270. The summed E-state index contributed by atoms with van der Waals surface area (Å²) in [6, 6.07) is 20.8. The molecule has 3 rings (SSSR count). The Morgan fingerprint density at radius 1 is 1.00 bits per heavy atom. The topological polar surface area (TPSA) is 41.1 Å². The summed E-state index contributed by atoms with van der Waals surface area (Å²) in [5, 5.41) is 8.77. The number of hydrogen-bond donors (Lipinski definition) is 2. The van der Waals surface area contributed by atoms with Crippen molar-refractivity contribution in [1.29, 1.82) is 0 Å². The maximum Gasteiger partial charge on any atom is 0.238 e. The van der Waals surface area contributed by atoms with E-state index in [1.807, 2.05) is 44.2 Å². The molecule has 3 aromatic rings. The summed E-state index contributed by atoms with van der Waals surface area (Å²) in [6.45, 7) is 6.39. The molecule has 1 amide bonds. The molecule has 0 fully saturated rings. The summed E-state index contributed by atoms with van der Waals surface area (Å²) in [6.07, 6.45) is 0. The lowest BCUT2D eigenvalue weighted by Crippen LogP contribution is -2.30. The van der Waals surface area contributed by atoms with Crippen molar-refractivity contribution in [2.45, 2.75) is 26.8 Å². The molecule has 0 radical (unpaired) electrons.